The number of sulfonamides is 1. The average Bonchev–Trinajstić information content (AvgIpc) is 2.03. The van der Waals surface area contributed by atoms with Crippen LogP contribution in [0.15, 0.2) is 23.2 Å². The van der Waals surface area contributed by atoms with Crippen LogP contribution < -0.4 is 9.88 Å². The average molecular weight is 225 g/mol. The number of nitrogens with zero attached hydrogens (tertiary/aromatic N) is 1. The van der Waals surface area contributed by atoms with Crippen molar-refractivity contribution in [1.82, 2.24) is 4.98 Å². The van der Waals surface area contributed by atoms with Crippen LogP contribution in [0.3, 0.4) is 0 Å². The van der Waals surface area contributed by atoms with Crippen molar-refractivity contribution in [2.45, 2.75) is 4.90 Å². The SMILES string of the molecule is COc1ncccc1S(N)(=O)=O.Cl. The Balaban J connectivity index is 0.00000144. The third-order valence-corrected chi connectivity index (χ3v) is 2.16. The van der Waals surface area contributed by atoms with Gasteiger partial charge >= 0.3 is 0 Å². The number of pyridine rings is 1. The minimum absolute atomic E-state index is 0. The summed E-state index contributed by atoms with van der Waals surface area (Å²) < 4.78 is 26.4. The van der Waals surface area contributed by atoms with Crippen molar-refractivity contribution in [2.75, 3.05) is 7.11 Å². The highest BCUT2D eigenvalue weighted by molar-refractivity contribution is 7.89. The van der Waals surface area contributed by atoms with Crippen LogP contribution in [0.25, 0.3) is 0 Å². The van der Waals surface area contributed by atoms with Gasteiger partial charge in [0.1, 0.15) is 4.90 Å². The minimum Gasteiger partial charge on any atom is -0.480 e. The molecule has 0 bridgehead atoms. The molecule has 1 rings (SSSR count). The van der Waals surface area contributed by atoms with Gasteiger partial charge in [0.15, 0.2) is 0 Å². The Hall–Kier alpha value is -0.850. The normalized spacial score (nSPS) is 10.3. The molecule has 0 radical (unpaired) electrons. The Labute approximate surface area is 82.4 Å². The van der Waals surface area contributed by atoms with E-state index in [4.69, 9.17) is 9.88 Å². The first-order valence-electron chi connectivity index (χ1n) is 3.07. The molecular weight excluding hydrogens is 216 g/mol. The third kappa shape index (κ3) is 2.83. The van der Waals surface area contributed by atoms with E-state index < -0.39 is 10.0 Å². The summed E-state index contributed by atoms with van der Waals surface area (Å²) in [5, 5.41) is 4.89. The van der Waals surface area contributed by atoms with Crippen LogP contribution in [-0.2, 0) is 10.0 Å². The van der Waals surface area contributed by atoms with Gasteiger partial charge < -0.3 is 4.74 Å². The molecule has 0 aliphatic carbocycles. The topological polar surface area (TPSA) is 82.3 Å². The van der Waals surface area contributed by atoms with Gasteiger partial charge in [0, 0.05) is 6.20 Å². The highest BCUT2D eigenvalue weighted by Crippen LogP contribution is 2.17. The Kier molecular flexibility index (Phi) is 4.12. The second-order valence-electron chi connectivity index (χ2n) is 2.06. The highest BCUT2D eigenvalue weighted by atomic mass is 35.5. The summed E-state index contributed by atoms with van der Waals surface area (Å²) in [6, 6.07) is 2.81. The number of primary sulfonamides is 1. The predicted octanol–water partition coefficient (Wildman–Crippen LogP) is 0.159. The Morgan fingerprint density at radius 3 is 2.54 bits per heavy atom. The minimum atomic E-state index is -3.73. The van der Waals surface area contributed by atoms with Gasteiger partial charge in [0.05, 0.1) is 7.11 Å². The van der Waals surface area contributed by atoms with E-state index in [1.165, 1.54) is 25.4 Å². The maximum absolute atomic E-state index is 10.9. The van der Waals surface area contributed by atoms with Crippen molar-refractivity contribution in [3.05, 3.63) is 18.3 Å². The maximum atomic E-state index is 10.9. The van der Waals surface area contributed by atoms with E-state index in [1.807, 2.05) is 0 Å². The van der Waals surface area contributed by atoms with Gasteiger partial charge in [-0.2, -0.15) is 0 Å². The van der Waals surface area contributed by atoms with E-state index in [2.05, 4.69) is 4.98 Å². The number of aromatic nitrogens is 1. The standard InChI is InChI=1S/C6H8N2O3S.ClH/c1-11-6-5(12(7,9)10)3-2-4-8-6;/h2-4H,1H3,(H2,7,9,10);1H. The largest absolute Gasteiger partial charge is 0.480 e. The predicted molar refractivity (Wildman–Crippen MR) is 49.4 cm³/mol. The van der Waals surface area contributed by atoms with Crippen LogP contribution in [0.4, 0.5) is 0 Å². The number of hydrogen-bond acceptors (Lipinski definition) is 4. The summed E-state index contributed by atoms with van der Waals surface area (Å²) >= 11 is 0. The molecule has 0 spiro atoms. The van der Waals surface area contributed by atoms with Crippen molar-refractivity contribution in [2.24, 2.45) is 5.14 Å². The van der Waals surface area contributed by atoms with Crippen LogP contribution in [0, 0.1) is 0 Å². The zero-order valence-corrected chi connectivity index (χ0v) is 8.43. The molecule has 0 atom stereocenters. The van der Waals surface area contributed by atoms with Gasteiger partial charge in [-0.25, -0.2) is 18.5 Å². The van der Waals surface area contributed by atoms with Crippen LogP contribution >= 0.6 is 12.4 Å². The lowest BCUT2D eigenvalue weighted by atomic mass is 10.5. The number of halogens is 1. The molecule has 0 saturated carbocycles. The molecule has 1 heterocycles. The van der Waals surface area contributed by atoms with Gasteiger partial charge in [0.2, 0.25) is 15.9 Å². The molecule has 7 heteroatoms. The van der Waals surface area contributed by atoms with Gasteiger partial charge in [-0.3, -0.25) is 0 Å². The van der Waals surface area contributed by atoms with E-state index in [-0.39, 0.29) is 23.2 Å². The lowest BCUT2D eigenvalue weighted by molar-refractivity contribution is 0.385. The molecule has 0 aromatic carbocycles. The monoisotopic (exact) mass is 224 g/mol. The fourth-order valence-electron chi connectivity index (χ4n) is 0.746. The van der Waals surface area contributed by atoms with Crippen LogP contribution in [0.2, 0.25) is 0 Å². The molecule has 0 saturated heterocycles. The third-order valence-electron chi connectivity index (χ3n) is 1.24. The Bertz CT molecular complexity index is 379. The molecule has 0 fully saturated rings. The summed E-state index contributed by atoms with van der Waals surface area (Å²) in [6.45, 7) is 0. The molecule has 0 aliphatic heterocycles. The molecular formula is C6H9ClN2O3S. The molecule has 74 valence electrons. The first-order chi connectivity index (χ1) is 5.55. The van der Waals surface area contributed by atoms with Crippen molar-refractivity contribution in [3.63, 3.8) is 0 Å². The van der Waals surface area contributed by atoms with Crippen molar-refractivity contribution < 1.29 is 13.2 Å². The van der Waals surface area contributed by atoms with E-state index in [9.17, 15) is 8.42 Å². The number of hydrogen-bond donors (Lipinski definition) is 1. The van der Waals surface area contributed by atoms with E-state index in [0.29, 0.717) is 0 Å². The second kappa shape index (κ2) is 4.40. The fraction of sp³-hybridized carbons (Fsp3) is 0.167. The lowest BCUT2D eigenvalue weighted by Crippen LogP contribution is -2.13. The molecule has 1 aromatic rings. The quantitative estimate of drug-likeness (QED) is 0.776. The summed E-state index contributed by atoms with van der Waals surface area (Å²) in [4.78, 5) is 3.58. The summed E-state index contributed by atoms with van der Waals surface area (Å²) in [5.74, 6) is 0.0139. The number of ether oxygens (including phenoxy) is 1. The van der Waals surface area contributed by atoms with Crippen LogP contribution in [0.5, 0.6) is 5.88 Å². The van der Waals surface area contributed by atoms with E-state index in [1.54, 1.807) is 0 Å². The molecule has 13 heavy (non-hydrogen) atoms. The number of methoxy groups -OCH3 is 1. The smallest absolute Gasteiger partial charge is 0.243 e. The van der Waals surface area contributed by atoms with Crippen LogP contribution in [0.1, 0.15) is 0 Å². The molecule has 0 aliphatic rings. The van der Waals surface area contributed by atoms with Gasteiger partial charge in [0.25, 0.3) is 0 Å². The summed E-state index contributed by atoms with van der Waals surface area (Å²) in [5.41, 5.74) is 0. The Morgan fingerprint density at radius 2 is 2.15 bits per heavy atom. The van der Waals surface area contributed by atoms with Crippen molar-refractivity contribution in [3.8, 4) is 5.88 Å². The lowest BCUT2D eigenvalue weighted by Gasteiger charge is -2.02. The first-order valence-corrected chi connectivity index (χ1v) is 4.62. The van der Waals surface area contributed by atoms with E-state index >= 15 is 0 Å². The number of rotatable bonds is 2. The van der Waals surface area contributed by atoms with Gasteiger partial charge in [-0.1, -0.05) is 0 Å². The molecule has 0 amide bonds. The first kappa shape index (κ1) is 12.2. The fourth-order valence-corrected chi connectivity index (χ4v) is 1.39. The molecule has 1 aromatic heterocycles. The zero-order valence-electron chi connectivity index (χ0n) is 6.80. The Morgan fingerprint density at radius 1 is 1.54 bits per heavy atom. The van der Waals surface area contributed by atoms with Crippen LogP contribution in [-0.4, -0.2) is 20.5 Å². The maximum Gasteiger partial charge on any atom is 0.243 e. The zero-order chi connectivity index (χ0) is 9.19. The van der Waals surface area contributed by atoms with Crippen molar-refractivity contribution >= 4 is 22.4 Å². The number of nitrogens with two attached hydrogens (primary N) is 1. The summed E-state index contributed by atoms with van der Waals surface area (Å²) in [6.07, 6.45) is 1.42. The molecule has 2 N–H and O–H groups in total. The van der Waals surface area contributed by atoms with Gasteiger partial charge in [-0.05, 0) is 12.1 Å². The van der Waals surface area contributed by atoms with E-state index in [0.717, 1.165) is 0 Å². The van der Waals surface area contributed by atoms with Gasteiger partial charge in [-0.15, -0.1) is 12.4 Å². The second-order valence-corrected chi connectivity index (χ2v) is 3.59. The molecule has 5 nitrogen and oxygen atoms in total. The summed E-state index contributed by atoms with van der Waals surface area (Å²) in [7, 11) is -2.40. The van der Waals surface area contributed by atoms with Crippen molar-refractivity contribution in [1.29, 1.82) is 0 Å². The molecule has 0 unspecified atom stereocenters. The highest BCUT2D eigenvalue weighted by Gasteiger charge is 2.14.